The Morgan fingerprint density at radius 3 is 3.00 bits per heavy atom. The van der Waals surface area contributed by atoms with Crippen LogP contribution in [0.1, 0.15) is 30.1 Å². The largest absolute Gasteiger partial charge is 0.507 e. The molecule has 1 radical (unpaired) electrons. The number of carbonyl (C=O) groups is 1. The number of hydrogen-bond acceptors (Lipinski definition) is 3. The van der Waals surface area contributed by atoms with Crippen molar-refractivity contribution in [1.29, 1.82) is 0 Å². The van der Waals surface area contributed by atoms with Gasteiger partial charge in [0.25, 0.3) is 0 Å². The molecule has 0 atom stereocenters. The fourth-order valence-corrected chi connectivity index (χ4v) is 0.963. The lowest BCUT2D eigenvalue weighted by Gasteiger charge is -2.03. The summed E-state index contributed by atoms with van der Waals surface area (Å²) in [6.07, 6.45) is 1.83. The molecule has 0 aliphatic rings. The Labute approximate surface area is 83.3 Å². The van der Waals surface area contributed by atoms with E-state index in [0.29, 0.717) is 6.61 Å². The van der Waals surface area contributed by atoms with Gasteiger partial charge in [-0.3, -0.25) is 0 Å². The Kier molecular flexibility index (Phi) is 3.98. The van der Waals surface area contributed by atoms with Gasteiger partial charge in [-0.1, -0.05) is 19.4 Å². The van der Waals surface area contributed by atoms with Crippen LogP contribution >= 0.6 is 0 Å². The van der Waals surface area contributed by atoms with E-state index in [2.05, 4.69) is 6.07 Å². The highest BCUT2D eigenvalue weighted by Gasteiger charge is 2.07. The van der Waals surface area contributed by atoms with Crippen LogP contribution in [0.15, 0.2) is 18.2 Å². The number of rotatable bonds is 4. The lowest BCUT2D eigenvalue weighted by Crippen LogP contribution is -2.06. The molecule has 0 aromatic heterocycles. The Balaban J connectivity index is 2.52. The molecular weight excluding hydrogens is 180 g/mol. The number of ether oxygens (including phenoxy) is 1. The van der Waals surface area contributed by atoms with Crippen LogP contribution in [-0.4, -0.2) is 17.7 Å². The molecule has 14 heavy (non-hydrogen) atoms. The van der Waals surface area contributed by atoms with Crippen LogP contribution in [0, 0.1) is 6.07 Å². The lowest BCUT2D eigenvalue weighted by atomic mass is 10.2. The quantitative estimate of drug-likeness (QED) is 0.588. The van der Waals surface area contributed by atoms with E-state index in [1.165, 1.54) is 6.07 Å². The van der Waals surface area contributed by atoms with Crippen LogP contribution in [0.25, 0.3) is 0 Å². The molecule has 0 saturated carbocycles. The van der Waals surface area contributed by atoms with Gasteiger partial charge in [0, 0.05) is 6.07 Å². The van der Waals surface area contributed by atoms with Gasteiger partial charge < -0.3 is 9.84 Å². The van der Waals surface area contributed by atoms with Crippen molar-refractivity contribution < 1.29 is 14.6 Å². The van der Waals surface area contributed by atoms with Crippen molar-refractivity contribution in [2.75, 3.05) is 6.61 Å². The van der Waals surface area contributed by atoms with Crippen molar-refractivity contribution in [3.8, 4) is 5.75 Å². The fraction of sp³-hybridized carbons (Fsp3) is 0.364. The van der Waals surface area contributed by atoms with E-state index in [0.717, 1.165) is 12.8 Å². The molecule has 0 fully saturated rings. The van der Waals surface area contributed by atoms with Crippen LogP contribution in [0.4, 0.5) is 0 Å². The van der Waals surface area contributed by atoms with Gasteiger partial charge in [-0.15, -0.1) is 0 Å². The first kappa shape index (κ1) is 10.6. The number of carbonyl (C=O) groups excluding carboxylic acids is 1. The van der Waals surface area contributed by atoms with Crippen molar-refractivity contribution in [2.45, 2.75) is 19.8 Å². The third-order valence-corrected chi connectivity index (χ3v) is 1.73. The van der Waals surface area contributed by atoms with Gasteiger partial charge in [-0.25, -0.2) is 4.79 Å². The molecule has 0 aliphatic heterocycles. The first-order chi connectivity index (χ1) is 6.74. The number of hydrogen-bond donors (Lipinski definition) is 1. The molecule has 3 heteroatoms. The fourth-order valence-electron chi connectivity index (χ4n) is 0.963. The molecule has 1 rings (SSSR count). The van der Waals surface area contributed by atoms with Gasteiger partial charge in [0.15, 0.2) is 0 Å². The maximum absolute atomic E-state index is 11.3. The molecule has 0 bridgehead atoms. The van der Waals surface area contributed by atoms with Crippen LogP contribution in [0.5, 0.6) is 5.75 Å². The second-order valence-corrected chi connectivity index (χ2v) is 2.94. The number of phenolic OH excluding ortho intramolecular Hbond substituents is 1. The number of phenols is 1. The third kappa shape index (κ3) is 3.09. The molecule has 0 heterocycles. The Morgan fingerprint density at radius 1 is 1.57 bits per heavy atom. The van der Waals surface area contributed by atoms with Crippen molar-refractivity contribution >= 4 is 5.97 Å². The highest BCUT2D eigenvalue weighted by molar-refractivity contribution is 5.89. The van der Waals surface area contributed by atoms with Crippen molar-refractivity contribution in [3.63, 3.8) is 0 Å². The van der Waals surface area contributed by atoms with Crippen LogP contribution in [0.3, 0.4) is 0 Å². The molecule has 3 nitrogen and oxygen atoms in total. The molecule has 1 N–H and O–H groups in total. The molecule has 1 aromatic carbocycles. The Bertz CT molecular complexity index is 307. The van der Waals surface area contributed by atoms with E-state index in [-0.39, 0.29) is 11.3 Å². The van der Waals surface area contributed by atoms with Crippen molar-refractivity contribution in [2.24, 2.45) is 0 Å². The van der Waals surface area contributed by atoms with Crippen LogP contribution < -0.4 is 0 Å². The minimum Gasteiger partial charge on any atom is -0.507 e. The summed E-state index contributed by atoms with van der Waals surface area (Å²) in [5.74, 6) is -0.482. The average Bonchev–Trinajstić information content (AvgIpc) is 2.18. The van der Waals surface area contributed by atoms with E-state index in [1.54, 1.807) is 12.1 Å². The molecule has 1 aromatic rings. The first-order valence-electron chi connectivity index (χ1n) is 4.62. The van der Waals surface area contributed by atoms with Gasteiger partial charge in [-0.05, 0) is 18.6 Å². The summed E-state index contributed by atoms with van der Waals surface area (Å²) in [5, 5.41) is 9.07. The van der Waals surface area contributed by atoms with E-state index >= 15 is 0 Å². The summed E-state index contributed by atoms with van der Waals surface area (Å²) < 4.78 is 4.94. The topological polar surface area (TPSA) is 46.5 Å². The SMILES string of the molecule is CCCCOC(=O)c1[c]c(O)ccc1. The zero-order chi connectivity index (χ0) is 10.4. The second-order valence-electron chi connectivity index (χ2n) is 2.94. The predicted octanol–water partition coefficient (Wildman–Crippen LogP) is 2.15. The molecule has 75 valence electrons. The standard InChI is InChI=1S/C11H13O3/c1-2-3-7-14-11(13)9-5-4-6-10(12)8-9/h4-6,12H,2-3,7H2,1H3. The molecular formula is C11H13O3. The van der Waals surface area contributed by atoms with Gasteiger partial charge >= 0.3 is 5.97 Å². The van der Waals surface area contributed by atoms with Gasteiger partial charge in [0.05, 0.1) is 12.2 Å². The highest BCUT2D eigenvalue weighted by atomic mass is 16.5. The van der Waals surface area contributed by atoms with E-state index in [1.807, 2.05) is 6.92 Å². The molecule has 0 saturated heterocycles. The summed E-state index contributed by atoms with van der Waals surface area (Å²) in [5.41, 5.74) is 0.265. The minimum atomic E-state index is -0.436. The number of aromatic hydroxyl groups is 1. The minimum absolute atomic E-state index is 0.0464. The zero-order valence-electron chi connectivity index (χ0n) is 8.12. The van der Waals surface area contributed by atoms with Crippen LogP contribution in [0.2, 0.25) is 0 Å². The van der Waals surface area contributed by atoms with Gasteiger partial charge in [0.2, 0.25) is 0 Å². The zero-order valence-corrected chi connectivity index (χ0v) is 8.12. The maximum atomic E-state index is 11.3. The van der Waals surface area contributed by atoms with E-state index in [4.69, 9.17) is 9.84 Å². The molecule has 0 aliphatic carbocycles. The normalized spacial score (nSPS) is 9.79. The van der Waals surface area contributed by atoms with Crippen LogP contribution in [-0.2, 0) is 4.74 Å². The monoisotopic (exact) mass is 193 g/mol. The highest BCUT2D eigenvalue weighted by Crippen LogP contribution is 2.10. The first-order valence-corrected chi connectivity index (χ1v) is 4.62. The smallest absolute Gasteiger partial charge is 0.338 e. The number of unbranched alkanes of at least 4 members (excludes halogenated alkanes) is 1. The third-order valence-electron chi connectivity index (χ3n) is 1.73. The summed E-state index contributed by atoms with van der Waals surface area (Å²) in [6.45, 7) is 2.44. The van der Waals surface area contributed by atoms with E-state index in [9.17, 15) is 4.79 Å². The molecule has 0 amide bonds. The average molecular weight is 193 g/mol. The lowest BCUT2D eigenvalue weighted by molar-refractivity contribution is 0.0499. The van der Waals surface area contributed by atoms with Gasteiger partial charge in [-0.2, -0.15) is 0 Å². The van der Waals surface area contributed by atoms with Crippen molar-refractivity contribution in [1.82, 2.24) is 0 Å². The predicted molar refractivity (Wildman–Crippen MR) is 52.1 cm³/mol. The summed E-state index contributed by atoms with van der Waals surface area (Å²) >= 11 is 0. The summed E-state index contributed by atoms with van der Waals surface area (Å²) in [4.78, 5) is 11.3. The summed E-state index contributed by atoms with van der Waals surface area (Å²) in [6, 6.07) is 7.13. The summed E-state index contributed by atoms with van der Waals surface area (Å²) in [7, 11) is 0. The van der Waals surface area contributed by atoms with Gasteiger partial charge in [0.1, 0.15) is 5.75 Å². The molecule has 0 spiro atoms. The Hall–Kier alpha value is -1.51. The molecule has 0 unspecified atom stereocenters. The van der Waals surface area contributed by atoms with E-state index < -0.39 is 5.97 Å². The van der Waals surface area contributed by atoms with Crippen molar-refractivity contribution in [3.05, 3.63) is 29.8 Å². The number of esters is 1. The number of benzene rings is 1. The maximum Gasteiger partial charge on any atom is 0.338 e. The second kappa shape index (κ2) is 5.27. The Morgan fingerprint density at radius 2 is 2.36 bits per heavy atom.